The number of aliphatic hydroxyl groups is 1. The van der Waals surface area contributed by atoms with E-state index in [1.165, 1.54) is 12.8 Å². The van der Waals surface area contributed by atoms with Crippen LogP contribution in [0.2, 0.25) is 0 Å². The highest BCUT2D eigenvalue weighted by molar-refractivity contribution is 5.33. The Bertz CT molecular complexity index is 1070. The van der Waals surface area contributed by atoms with Gasteiger partial charge < -0.3 is 19.7 Å². The Morgan fingerprint density at radius 2 is 1.75 bits per heavy atom. The highest BCUT2D eigenvalue weighted by atomic mass is 16.7. The fourth-order valence-corrected chi connectivity index (χ4v) is 9.68. The quantitative estimate of drug-likeness (QED) is 0.439. The predicted molar refractivity (Wildman–Crippen MR) is 141 cm³/mol. The summed E-state index contributed by atoms with van der Waals surface area (Å²) in [5.41, 5.74) is 3.52. The van der Waals surface area contributed by atoms with Gasteiger partial charge in [0.1, 0.15) is 11.9 Å². The summed E-state index contributed by atoms with van der Waals surface area (Å²) in [4.78, 5) is 0. The van der Waals surface area contributed by atoms with Gasteiger partial charge in [0.05, 0.1) is 12.2 Å². The Hall–Kier alpha value is -1.62. The summed E-state index contributed by atoms with van der Waals surface area (Å²) in [7, 11) is 0. The van der Waals surface area contributed by atoms with Crippen molar-refractivity contribution in [3.8, 4) is 5.75 Å². The number of phenols is 1. The number of aromatic hydroxyl groups is 1. The molecule has 4 nitrogen and oxygen atoms in total. The number of hydrogen-bond acceptors (Lipinski definition) is 4. The number of fused-ring (bicyclic) bond motifs is 7. The molecule has 1 saturated heterocycles. The number of ether oxygens (including phenoxy) is 2. The molecule has 0 bridgehead atoms. The Morgan fingerprint density at radius 1 is 1.03 bits per heavy atom. The number of aliphatic hydroxyl groups excluding tert-OH is 1. The maximum absolute atomic E-state index is 12.1. The minimum atomic E-state index is -0.511. The van der Waals surface area contributed by atoms with Crippen LogP contribution in [-0.2, 0) is 9.47 Å². The van der Waals surface area contributed by atoms with E-state index < -0.39 is 17.8 Å². The topological polar surface area (TPSA) is 58.9 Å². The molecule has 10 unspecified atom stereocenters. The number of rotatable bonds is 2. The molecule has 5 aliphatic rings. The molecule has 0 amide bonds. The molecule has 1 heterocycles. The number of hydrogen-bond donors (Lipinski definition) is 2. The largest absolute Gasteiger partial charge is 0.508 e. The summed E-state index contributed by atoms with van der Waals surface area (Å²) >= 11 is 0. The maximum atomic E-state index is 12.1. The van der Waals surface area contributed by atoms with Crippen molar-refractivity contribution in [3.63, 3.8) is 0 Å². The zero-order valence-electron chi connectivity index (χ0n) is 22.7. The van der Waals surface area contributed by atoms with E-state index in [1.54, 1.807) is 17.7 Å². The third-order valence-corrected chi connectivity index (χ3v) is 11.6. The van der Waals surface area contributed by atoms with Crippen molar-refractivity contribution >= 4 is 0 Å². The first-order valence-electron chi connectivity index (χ1n) is 14.2. The SMILES string of the molecule is C=C1CCC2C3(C)CC=C4C(C(C)C)CCC4(C)C3CC(O)C2(C)C2OC(c3ccc(O)cc3)OC12. The lowest BCUT2D eigenvalue weighted by molar-refractivity contribution is -0.210. The molecule has 10 atom stereocenters. The van der Waals surface area contributed by atoms with Crippen LogP contribution in [0.25, 0.3) is 0 Å². The molecule has 36 heavy (non-hydrogen) atoms. The second-order valence-corrected chi connectivity index (χ2v) is 13.6. The van der Waals surface area contributed by atoms with Crippen LogP contribution in [0, 0.1) is 39.9 Å². The van der Waals surface area contributed by atoms with Crippen LogP contribution in [0.5, 0.6) is 5.75 Å². The predicted octanol–water partition coefficient (Wildman–Crippen LogP) is 6.94. The summed E-state index contributed by atoms with van der Waals surface area (Å²) in [5.74, 6) is 2.38. The Balaban J connectivity index is 1.39. The van der Waals surface area contributed by atoms with E-state index in [0.29, 0.717) is 23.7 Å². The highest BCUT2D eigenvalue weighted by Gasteiger charge is 2.68. The minimum Gasteiger partial charge on any atom is -0.508 e. The molecule has 2 N–H and O–H groups in total. The molecule has 196 valence electrons. The average Bonchev–Trinajstić information content (AvgIpc) is 3.40. The van der Waals surface area contributed by atoms with Crippen LogP contribution < -0.4 is 0 Å². The van der Waals surface area contributed by atoms with Crippen molar-refractivity contribution in [2.75, 3.05) is 0 Å². The van der Waals surface area contributed by atoms with Crippen molar-refractivity contribution in [1.29, 1.82) is 0 Å². The van der Waals surface area contributed by atoms with Crippen LogP contribution >= 0.6 is 0 Å². The van der Waals surface area contributed by atoms with Gasteiger partial charge in [-0.05, 0) is 90.7 Å². The molecule has 0 aromatic heterocycles. The summed E-state index contributed by atoms with van der Waals surface area (Å²) in [6, 6.07) is 7.08. The molecule has 4 fully saturated rings. The van der Waals surface area contributed by atoms with E-state index in [0.717, 1.165) is 36.8 Å². The van der Waals surface area contributed by atoms with E-state index in [9.17, 15) is 10.2 Å². The van der Waals surface area contributed by atoms with Gasteiger partial charge in [-0.2, -0.15) is 0 Å². The number of allylic oxidation sites excluding steroid dienone is 2. The van der Waals surface area contributed by atoms with Crippen LogP contribution in [0.3, 0.4) is 0 Å². The van der Waals surface area contributed by atoms with Gasteiger partial charge in [0.15, 0.2) is 6.29 Å². The lowest BCUT2D eigenvalue weighted by atomic mass is 9.41. The van der Waals surface area contributed by atoms with E-state index in [-0.39, 0.29) is 28.8 Å². The minimum absolute atomic E-state index is 0.104. The fraction of sp³-hybridized carbons (Fsp3) is 0.688. The molecule has 1 aromatic carbocycles. The third-order valence-electron chi connectivity index (χ3n) is 11.6. The Labute approximate surface area is 216 Å². The summed E-state index contributed by atoms with van der Waals surface area (Å²) in [6.45, 7) is 16.5. The molecule has 1 aromatic rings. The van der Waals surface area contributed by atoms with E-state index in [4.69, 9.17) is 9.47 Å². The average molecular weight is 493 g/mol. The Morgan fingerprint density at radius 3 is 2.44 bits per heavy atom. The molecule has 4 aliphatic carbocycles. The van der Waals surface area contributed by atoms with E-state index in [2.05, 4.69) is 47.3 Å². The monoisotopic (exact) mass is 492 g/mol. The van der Waals surface area contributed by atoms with Crippen molar-refractivity contribution < 1.29 is 19.7 Å². The molecule has 0 radical (unpaired) electrons. The first-order valence-corrected chi connectivity index (χ1v) is 14.2. The van der Waals surface area contributed by atoms with Gasteiger partial charge in [0.25, 0.3) is 0 Å². The third kappa shape index (κ3) is 3.23. The Kier molecular flexibility index (Phi) is 5.62. The molecule has 4 heteroatoms. The van der Waals surface area contributed by atoms with Gasteiger partial charge >= 0.3 is 0 Å². The molecular formula is C32H44O4. The fourth-order valence-electron chi connectivity index (χ4n) is 9.68. The zero-order valence-corrected chi connectivity index (χ0v) is 22.7. The summed E-state index contributed by atoms with van der Waals surface area (Å²) in [6.07, 6.45) is 7.55. The van der Waals surface area contributed by atoms with Gasteiger partial charge in [0.2, 0.25) is 0 Å². The van der Waals surface area contributed by atoms with Crippen molar-refractivity contribution in [1.82, 2.24) is 0 Å². The van der Waals surface area contributed by atoms with Crippen molar-refractivity contribution in [2.45, 2.75) is 97.7 Å². The van der Waals surface area contributed by atoms with E-state index >= 15 is 0 Å². The van der Waals surface area contributed by atoms with Crippen molar-refractivity contribution in [3.05, 3.63) is 53.6 Å². The zero-order chi connectivity index (χ0) is 25.6. The maximum Gasteiger partial charge on any atom is 0.185 e. The van der Waals surface area contributed by atoms with Crippen molar-refractivity contribution in [2.24, 2.45) is 39.9 Å². The molecule has 6 rings (SSSR count). The summed E-state index contributed by atoms with van der Waals surface area (Å²) in [5, 5.41) is 21.8. The first-order chi connectivity index (χ1) is 17.0. The van der Waals surface area contributed by atoms with Crippen LogP contribution in [0.15, 0.2) is 48.1 Å². The lowest BCUT2D eigenvalue weighted by Gasteiger charge is -2.64. The van der Waals surface area contributed by atoms with Gasteiger partial charge in [-0.3, -0.25) is 0 Å². The van der Waals surface area contributed by atoms with Gasteiger partial charge in [-0.25, -0.2) is 0 Å². The second-order valence-electron chi connectivity index (χ2n) is 13.6. The second kappa shape index (κ2) is 8.19. The number of benzene rings is 1. The van der Waals surface area contributed by atoms with Gasteiger partial charge in [0, 0.05) is 11.0 Å². The molecule has 1 aliphatic heterocycles. The number of phenolic OH excluding ortho intramolecular Hbond substituents is 1. The van der Waals surface area contributed by atoms with Gasteiger partial charge in [-0.15, -0.1) is 0 Å². The van der Waals surface area contributed by atoms with Crippen LogP contribution in [0.4, 0.5) is 0 Å². The molecule has 3 saturated carbocycles. The summed E-state index contributed by atoms with van der Waals surface area (Å²) < 4.78 is 13.2. The standard InChI is InChI=1S/C32H44O4/c1-18(2)22-13-15-30(4)23(22)14-16-31(5)24-12-7-19(3)27-28(32(24,6)26(34)17-25(30)31)36-29(35-27)20-8-10-21(33)11-9-20/h8-11,14,18,22,24-29,33-34H,3,7,12-13,15-17H2,1-2,4-6H3. The van der Waals surface area contributed by atoms with E-state index in [1.807, 2.05) is 12.1 Å². The first kappa shape index (κ1) is 24.7. The lowest BCUT2D eigenvalue weighted by Crippen LogP contribution is -2.64. The molecule has 0 spiro atoms. The smallest absolute Gasteiger partial charge is 0.185 e. The van der Waals surface area contributed by atoms with Crippen LogP contribution in [0.1, 0.15) is 85.0 Å². The van der Waals surface area contributed by atoms with Crippen LogP contribution in [-0.4, -0.2) is 28.5 Å². The molecular weight excluding hydrogens is 448 g/mol. The highest BCUT2D eigenvalue weighted by Crippen LogP contribution is 2.71. The normalized spacial score (nSPS) is 48.0. The van der Waals surface area contributed by atoms with Gasteiger partial charge in [-0.1, -0.05) is 65.0 Å².